The lowest BCUT2D eigenvalue weighted by Gasteiger charge is -2.05. The first kappa shape index (κ1) is 11.3. The van der Waals surface area contributed by atoms with Crippen molar-refractivity contribution in [2.45, 2.75) is 13.8 Å². The molecule has 86 valence electrons. The highest BCUT2D eigenvalue weighted by Gasteiger charge is 2.07. The van der Waals surface area contributed by atoms with E-state index >= 15 is 0 Å². The van der Waals surface area contributed by atoms with Crippen LogP contribution in [0.4, 0.5) is 0 Å². The zero-order valence-electron chi connectivity index (χ0n) is 9.68. The normalized spacial score (nSPS) is 10.0. The van der Waals surface area contributed by atoms with Gasteiger partial charge >= 0.3 is 5.97 Å². The van der Waals surface area contributed by atoms with Crippen molar-refractivity contribution in [2.75, 3.05) is 0 Å². The molecule has 0 aliphatic heterocycles. The molecule has 4 nitrogen and oxygen atoms in total. The third-order valence-electron chi connectivity index (χ3n) is 2.21. The van der Waals surface area contributed by atoms with Crippen LogP contribution in [0.2, 0.25) is 0 Å². The molecular weight excluding hydrogens is 216 g/mol. The van der Waals surface area contributed by atoms with Gasteiger partial charge in [-0.1, -0.05) is 30.3 Å². The zero-order valence-corrected chi connectivity index (χ0v) is 9.68. The first-order valence-corrected chi connectivity index (χ1v) is 5.24. The molecule has 0 amide bonds. The quantitative estimate of drug-likeness (QED) is 0.740. The van der Waals surface area contributed by atoms with Crippen LogP contribution >= 0.6 is 0 Å². The number of hydrogen-bond donors (Lipinski definition) is 0. The number of rotatable bonds is 2. The molecule has 4 heteroatoms. The summed E-state index contributed by atoms with van der Waals surface area (Å²) in [5, 5.41) is 0. The third-order valence-corrected chi connectivity index (χ3v) is 2.21. The number of hydrogen-bond acceptors (Lipinski definition) is 4. The van der Waals surface area contributed by atoms with Crippen molar-refractivity contribution in [2.24, 2.45) is 0 Å². The summed E-state index contributed by atoms with van der Waals surface area (Å²) in [5.41, 5.74) is 2.35. The van der Waals surface area contributed by atoms with Crippen molar-refractivity contribution in [1.82, 2.24) is 9.97 Å². The Morgan fingerprint density at radius 2 is 1.94 bits per heavy atom. The Bertz CT molecular complexity index is 538. The standard InChI is InChI=1S/C13H12N2O2/c1-9-13(17-10(2)16)14-8-12(15-9)11-6-4-3-5-7-11/h3-8H,1-2H3. The van der Waals surface area contributed by atoms with Gasteiger partial charge in [0.05, 0.1) is 11.9 Å². The average Bonchev–Trinajstić information content (AvgIpc) is 2.32. The number of carbonyl (C=O) groups is 1. The number of nitrogens with zero attached hydrogens (tertiary/aromatic N) is 2. The fourth-order valence-electron chi connectivity index (χ4n) is 1.45. The lowest BCUT2D eigenvalue weighted by Crippen LogP contribution is -2.06. The van der Waals surface area contributed by atoms with E-state index in [0.717, 1.165) is 11.3 Å². The molecule has 0 radical (unpaired) electrons. The molecular formula is C13H12N2O2. The van der Waals surface area contributed by atoms with Crippen molar-refractivity contribution in [3.8, 4) is 17.1 Å². The number of carbonyl (C=O) groups excluding carboxylic acids is 1. The van der Waals surface area contributed by atoms with E-state index in [1.54, 1.807) is 13.1 Å². The molecule has 0 spiro atoms. The van der Waals surface area contributed by atoms with Crippen LogP contribution in [0.25, 0.3) is 11.3 Å². The van der Waals surface area contributed by atoms with E-state index < -0.39 is 5.97 Å². The molecule has 0 saturated carbocycles. The minimum absolute atomic E-state index is 0.261. The van der Waals surface area contributed by atoms with Gasteiger partial charge in [-0.3, -0.25) is 4.79 Å². The molecule has 0 unspecified atom stereocenters. The van der Waals surface area contributed by atoms with Crippen molar-refractivity contribution >= 4 is 5.97 Å². The Hall–Kier alpha value is -2.23. The molecule has 0 N–H and O–H groups in total. The van der Waals surface area contributed by atoms with Crippen LogP contribution in [0.15, 0.2) is 36.5 Å². The number of esters is 1. The van der Waals surface area contributed by atoms with Gasteiger partial charge in [-0.2, -0.15) is 0 Å². The number of aryl methyl sites for hydroxylation is 1. The molecule has 1 aromatic heterocycles. The predicted molar refractivity (Wildman–Crippen MR) is 63.5 cm³/mol. The molecule has 1 heterocycles. The molecule has 0 saturated heterocycles. The van der Waals surface area contributed by atoms with E-state index in [0.29, 0.717) is 5.69 Å². The van der Waals surface area contributed by atoms with E-state index in [1.807, 2.05) is 30.3 Å². The Kier molecular flexibility index (Phi) is 3.14. The van der Waals surface area contributed by atoms with Gasteiger partial charge in [0.1, 0.15) is 5.69 Å². The molecule has 0 fully saturated rings. The molecule has 0 aliphatic carbocycles. The monoisotopic (exact) mass is 228 g/mol. The summed E-state index contributed by atoms with van der Waals surface area (Å²) in [6.07, 6.45) is 1.60. The Morgan fingerprint density at radius 1 is 1.24 bits per heavy atom. The van der Waals surface area contributed by atoms with E-state index in [1.165, 1.54) is 6.92 Å². The third kappa shape index (κ3) is 2.66. The van der Waals surface area contributed by atoms with Crippen LogP contribution < -0.4 is 4.74 Å². The summed E-state index contributed by atoms with van der Waals surface area (Å²) < 4.78 is 4.92. The van der Waals surface area contributed by atoms with E-state index in [2.05, 4.69) is 9.97 Å². The fourth-order valence-corrected chi connectivity index (χ4v) is 1.45. The molecule has 0 bridgehead atoms. The lowest BCUT2D eigenvalue weighted by molar-refractivity contribution is -0.132. The van der Waals surface area contributed by atoms with E-state index in [9.17, 15) is 4.79 Å². The lowest BCUT2D eigenvalue weighted by atomic mass is 10.2. The summed E-state index contributed by atoms with van der Waals surface area (Å²) in [5.74, 6) is -0.132. The van der Waals surface area contributed by atoms with Crippen LogP contribution in [-0.2, 0) is 4.79 Å². The predicted octanol–water partition coefficient (Wildman–Crippen LogP) is 2.38. The zero-order chi connectivity index (χ0) is 12.3. The second kappa shape index (κ2) is 4.74. The van der Waals surface area contributed by atoms with Gasteiger partial charge in [0, 0.05) is 12.5 Å². The summed E-state index contributed by atoms with van der Waals surface area (Å²) in [6, 6.07) is 9.72. The highest BCUT2D eigenvalue weighted by atomic mass is 16.5. The van der Waals surface area contributed by atoms with Crippen LogP contribution in [-0.4, -0.2) is 15.9 Å². The number of aromatic nitrogens is 2. The van der Waals surface area contributed by atoms with Crippen LogP contribution in [0.3, 0.4) is 0 Å². The van der Waals surface area contributed by atoms with Crippen molar-refractivity contribution in [1.29, 1.82) is 0 Å². The number of ether oxygens (including phenoxy) is 1. The first-order valence-electron chi connectivity index (χ1n) is 5.24. The molecule has 17 heavy (non-hydrogen) atoms. The largest absolute Gasteiger partial charge is 0.406 e. The van der Waals surface area contributed by atoms with E-state index in [-0.39, 0.29) is 5.88 Å². The topological polar surface area (TPSA) is 52.1 Å². The minimum atomic E-state index is -0.394. The second-order valence-electron chi connectivity index (χ2n) is 3.61. The summed E-state index contributed by atoms with van der Waals surface area (Å²) >= 11 is 0. The number of benzene rings is 1. The fraction of sp³-hybridized carbons (Fsp3) is 0.154. The summed E-state index contributed by atoms with van der Waals surface area (Å²) in [7, 11) is 0. The van der Waals surface area contributed by atoms with Crippen LogP contribution in [0.5, 0.6) is 5.88 Å². The molecule has 0 aliphatic rings. The second-order valence-corrected chi connectivity index (χ2v) is 3.61. The highest BCUT2D eigenvalue weighted by molar-refractivity contribution is 5.69. The van der Waals surface area contributed by atoms with Gasteiger partial charge in [-0.25, -0.2) is 9.97 Å². The van der Waals surface area contributed by atoms with Crippen LogP contribution in [0, 0.1) is 6.92 Å². The van der Waals surface area contributed by atoms with Gasteiger partial charge in [-0.05, 0) is 6.92 Å². The Balaban J connectivity index is 2.34. The van der Waals surface area contributed by atoms with Gasteiger partial charge in [0.2, 0.25) is 5.88 Å². The van der Waals surface area contributed by atoms with Gasteiger partial charge in [-0.15, -0.1) is 0 Å². The maximum atomic E-state index is 10.8. The maximum Gasteiger partial charge on any atom is 0.309 e. The Labute approximate surface area is 99.3 Å². The molecule has 2 aromatic rings. The smallest absolute Gasteiger partial charge is 0.309 e. The van der Waals surface area contributed by atoms with Crippen molar-refractivity contribution in [3.05, 3.63) is 42.2 Å². The van der Waals surface area contributed by atoms with Gasteiger partial charge in [0.25, 0.3) is 0 Å². The van der Waals surface area contributed by atoms with Crippen LogP contribution in [0.1, 0.15) is 12.6 Å². The SMILES string of the molecule is CC(=O)Oc1ncc(-c2ccccc2)nc1C. The van der Waals surface area contributed by atoms with Crippen molar-refractivity contribution < 1.29 is 9.53 Å². The van der Waals surface area contributed by atoms with Crippen molar-refractivity contribution in [3.63, 3.8) is 0 Å². The average molecular weight is 228 g/mol. The molecule has 2 rings (SSSR count). The molecule has 0 atom stereocenters. The maximum absolute atomic E-state index is 10.8. The Morgan fingerprint density at radius 3 is 2.53 bits per heavy atom. The van der Waals surface area contributed by atoms with Gasteiger partial charge in [0.15, 0.2) is 0 Å². The van der Waals surface area contributed by atoms with E-state index in [4.69, 9.17) is 4.74 Å². The first-order chi connectivity index (χ1) is 8.16. The summed E-state index contributed by atoms with van der Waals surface area (Å²) in [4.78, 5) is 19.3. The highest BCUT2D eigenvalue weighted by Crippen LogP contribution is 2.19. The van der Waals surface area contributed by atoms with Gasteiger partial charge < -0.3 is 4.74 Å². The summed E-state index contributed by atoms with van der Waals surface area (Å²) in [6.45, 7) is 3.10. The minimum Gasteiger partial charge on any atom is -0.406 e. The molecule has 1 aromatic carbocycles.